The average molecular weight is 259 g/mol. The van der Waals surface area contributed by atoms with Crippen molar-refractivity contribution >= 4 is 15.9 Å². The molecule has 0 aromatic carbocycles. The molecule has 2 N–H and O–H groups in total. The lowest BCUT2D eigenvalue weighted by atomic mass is 10.2. The Bertz CT molecular complexity index is 281. The summed E-state index contributed by atoms with van der Waals surface area (Å²) in [5, 5.41) is 12.5. The third kappa shape index (κ3) is 3.74. The van der Waals surface area contributed by atoms with Gasteiger partial charge in [0.05, 0.1) is 6.10 Å². The molecule has 0 aliphatic carbocycles. The van der Waals surface area contributed by atoms with Gasteiger partial charge in [-0.3, -0.25) is 0 Å². The number of halogens is 1. The molecule has 1 aromatic heterocycles. The highest BCUT2D eigenvalue weighted by atomic mass is 79.9. The first-order chi connectivity index (χ1) is 6.74. The number of aliphatic hydroxyl groups excluding tert-OH is 1. The van der Waals surface area contributed by atoms with Crippen LogP contribution in [0, 0.1) is 0 Å². The van der Waals surface area contributed by atoms with Crippen LogP contribution in [-0.4, -0.2) is 22.7 Å². The Morgan fingerprint density at radius 2 is 2.43 bits per heavy atom. The van der Waals surface area contributed by atoms with Crippen molar-refractivity contribution < 1.29 is 5.11 Å². The SMILES string of the molecule is CC[C@@H](O)CNCc1cccnc1Br. The van der Waals surface area contributed by atoms with Crippen molar-refractivity contribution in [1.82, 2.24) is 10.3 Å². The summed E-state index contributed by atoms with van der Waals surface area (Å²) in [6, 6.07) is 3.90. The Morgan fingerprint density at radius 1 is 1.64 bits per heavy atom. The van der Waals surface area contributed by atoms with E-state index in [9.17, 15) is 5.11 Å². The molecule has 0 saturated carbocycles. The van der Waals surface area contributed by atoms with Crippen molar-refractivity contribution in [3.8, 4) is 0 Å². The fourth-order valence-electron chi connectivity index (χ4n) is 1.07. The van der Waals surface area contributed by atoms with E-state index >= 15 is 0 Å². The van der Waals surface area contributed by atoms with Gasteiger partial charge in [0.15, 0.2) is 0 Å². The van der Waals surface area contributed by atoms with Gasteiger partial charge in [0.25, 0.3) is 0 Å². The number of nitrogens with one attached hydrogen (secondary N) is 1. The first-order valence-corrected chi connectivity index (χ1v) is 5.51. The molecule has 14 heavy (non-hydrogen) atoms. The van der Waals surface area contributed by atoms with Crippen LogP contribution >= 0.6 is 15.9 Å². The minimum Gasteiger partial charge on any atom is -0.392 e. The second-order valence-electron chi connectivity index (χ2n) is 3.15. The molecule has 78 valence electrons. The molecule has 1 atom stereocenters. The van der Waals surface area contributed by atoms with E-state index in [0.717, 1.165) is 23.1 Å². The highest BCUT2D eigenvalue weighted by molar-refractivity contribution is 9.10. The summed E-state index contributed by atoms with van der Waals surface area (Å²) in [5.41, 5.74) is 1.11. The van der Waals surface area contributed by atoms with Gasteiger partial charge in [0, 0.05) is 19.3 Å². The molecule has 0 amide bonds. The van der Waals surface area contributed by atoms with Crippen molar-refractivity contribution in [1.29, 1.82) is 0 Å². The second kappa shape index (κ2) is 6.11. The van der Waals surface area contributed by atoms with Crippen LogP contribution in [0.3, 0.4) is 0 Å². The van der Waals surface area contributed by atoms with Gasteiger partial charge in [-0.15, -0.1) is 0 Å². The van der Waals surface area contributed by atoms with Crippen LogP contribution in [0.15, 0.2) is 22.9 Å². The first kappa shape index (κ1) is 11.6. The Kier molecular flexibility index (Phi) is 5.07. The van der Waals surface area contributed by atoms with Gasteiger partial charge in [0.2, 0.25) is 0 Å². The highest BCUT2D eigenvalue weighted by Gasteiger charge is 2.01. The zero-order valence-electron chi connectivity index (χ0n) is 8.20. The predicted octanol–water partition coefficient (Wildman–Crippen LogP) is 1.70. The largest absolute Gasteiger partial charge is 0.392 e. The van der Waals surface area contributed by atoms with Crippen molar-refractivity contribution in [2.24, 2.45) is 0 Å². The van der Waals surface area contributed by atoms with E-state index in [1.54, 1.807) is 6.20 Å². The number of aromatic nitrogens is 1. The molecule has 0 saturated heterocycles. The molecule has 1 heterocycles. The third-order valence-electron chi connectivity index (χ3n) is 2.00. The predicted molar refractivity (Wildman–Crippen MR) is 59.9 cm³/mol. The Morgan fingerprint density at radius 3 is 3.07 bits per heavy atom. The number of rotatable bonds is 5. The first-order valence-electron chi connectivity index (χ1n) is 4.72. The van der Waals surface area contributed by atoms with E-state index in [2.05, 4.69) is 26.2 Å². The number of aliphatic hydroxyl groups is 1. The van der Waals surface area contributed by atoms with Crippen LogP contribution in [0.25, 0.3) is 0 Å². The van der Waals surface area contributed by atoms with Gasteiger partial charge >= 0.3 is 0 Å². The summed E-state index contributed by atoms with van der Waals surface area (Å²) in [6.45, 7) is 3.32. The summed E-state index contributed by atoms with van der Waals surface area (Å²) in [7, 11) is 0. The van der Waals surface area contributed by atoms with Crippen LogP contribution in [-0.2, 0) is 6.54 Å². The number of hydrogen-bond donors (Lipinski definition) is 2. The van der Waals surface area contributed by atoms with Crippen LogP contribution in [0.5, 0.6) is 0 Å². The molecule has 4 heteroatoms. The van der Waals surface area contributed by atoms with Gasteiger partial charge in [-0.2, -0.15) is 0 Å². The monoisotopic (exact) mass is 258 g/mol. The Labute approximate surface area is 92.7 Å². The van der Waals surface area contributed by atoms with E-state index in [1.165, 1.54) is 0 Å². The maximum Gasteiger partial charge on any atom is 0.110 e. The van der Waals surface area contributed by atoms with Crippen molar-refractivity contribution in [3.05, 3.63) is 28.5 Å². The minimum absolute atomic E-state index is 0.259. The standard InChI is InChI=1S/C10H15BrN2O/c1-2-9(14)7-12-6-8-4-3-5-13-10(8)11/h3-5,9,12,14H,2,6-7H2,1H3/t9-/m1/s1. The van der Waals surface area contributed by atoms with Crippen LogP contribution < -0.4 is 5.32 Å². The van der Waals surface area contributed by atoms with Crippen molar-refractivity contribution in [3.63, 3.8) is 0 Å². The third-order valence-corrected chi connectivity index (χ3v) is 2.72. The van der Waals surface area contributed by atoms with E-state index < -0.39 is 0 Å². The summed E-state index contributed by atoms with van der Waals surface area (Å²) >= 11 is 3.37. The van der Waals surface area contributed by atoms with Crippen LogP contribution in [0.1, 0.15) is 18.9 Å². The Balaban J connectivity index is 2.35. The molecule has 0 fully saturated rings. The lowest BCUT2D eigenvalue weighted by molar-refractivity contribution is 0.167. The molecular weight excluding hydrogens is 244 g/mol. The second-order valence-corrected chi connectivity index (χ2v) is 3.90. The molecule has 1 aromatic rings. The molecule has 0 aliphatic rings. The van der Waals surface area contributed by atoms with Gasteiger partial charge < -0.3 is 10.4 Å². The topological polar surface area (TPSA) is 45.1 Å². The summed E-state index contributed by atoms with van der Waals surface area (Å²) in [6.07, 6.45) is 2.26. The van der Waals surface area contributed by atoms with Gasteiger partial charge in [-0.25, -0.2) is 4.98 Å². The van der Waals surface area contributed by atoms with E-state index in [0.29, 0.717) is 6.54 Å². The summed E-state index contributed by atoms with van der Waals surface area (Å²) in [5.74, 6) is 0. The number of nitrogens with zero attached hydrogens (tertiary/aromatic N) is 1. The molecule has 3 nitrogen and oxygen atoms in total. The normalized spacial score (nSPS) is 12.8. The molecule has 0 unspecified atom stereocenters. The molecule has 0 spiro atoms. The van der Waals surface area contributed by atoms with Crippen LogP contribution in [0.4, 0.5) is 0 Å². The van der Waals surface area contributed by atoms with Gasteiger partial charge in [-0.1, -0.05) is 13.0 Å². The highest BCUT2D eigenvalue weighted by Crippen LogP contribution is 2.11. The zero-order valence-corrected chi connectivity index (χ0v) is 9.79. The van der Waals surface area contributed by atoms with E-state index in [1.807, 2.05) is 19.1 Å². The fourth-order valence-corrected chi connectivity index (χ4v) is 1.46. The minimum atomic E-state index is -0.259. The summed E-state index contributed by atoms with van der Waals surface area (Å²) in [4.78, 5) is 4.11. The Hall–Kier alpha value is -0.450. The average Bonchev–Trinajstić information content (AvgIpc) is 2.20. The van der Waals surface area contributed by atoms with Gasteiger partial charge in [-0.05, 0) is 34.0 Å². The van der Waals surface area contributed by atoms with E-state index in [-0.39, 0.29) is 6.10 Å². The van der Waals surface area contributed by atoms with E-state index in [4.69, 9.17) is 0 Å². The lowest BCUT2D eigenvalue weighted by Gasteiger charge is -2.09. The summed E-state index contributed by atoms with van der Waals surface area (Å²) < 4.78 is 0.860. The van der Waals surface area contributed by atoms with Crippen molar-refractivity contribution in [2.75, 3.05) is 6.54 Å². The number of pyridine rings is 1. The quantitative estimate of drug-likeness (QED) is 0.791. The molecule has 1 rings (SSSR count). The molecule has 0 aliphatic heterocycles. The smallest absolute Gasteiger partial charge is 0.110 e. The van der Waals surface area contributed by atoms with Gasteiger partial charge in [0.1, 0.15) is 4.60 Å². The molecule has 0 radical (unpaired) electrons. The van der Waals surface area contributed by atoms with Crippen molar-refractivity contribution in [2.45, 2.75) is 26.0 Å². The molecular formula is C10H15BrN2O. The zero-order chi connectivity index (χ0) is 10.4. The number of hydrogen-bond acceptors (Lipinski definition) is 3. The van der Waals surface area contributed by atoms with Crippen LogP contribution in [0.2, 0.25) is 0 Å². The maximum absolute atomic E-state index is 9.32. The fraction of sp³-hybridized carbons (Fsp3) is 0.500. The maximum atomic E-state index is 9.32. The molecule has 0 bridgehead atoms. The lowest BCUT2D eigenvalue weighted by Crippen LogP contribution is -2.25.